The van der Waals surface area contributed by atoms with E-state index in [1.807, 2.05) is 0 Å². The lowest BCUT2D eigenvalue weighted by Crippen LogP contribution is -2.28. The highest BCUT2D eigenvalue weighted by molar-refractivity contribution is 5.76. The van der Waals surface area contributed by atoms with E-state index in [0.717, 1.165) is 25.5 Å². The van der Waals surface area contributed by atoms with Gasteiger partial charge in [0.25, 0.3) is 0 Å². The molecule has 20 heavy (non-hydrogen) atoms. The minimum absolute atomic E-state index is 0.142. The van der Waals surface area contributed by atoms with E-state index in [9.17, 15) is 13.6 Å². The number of benzene rings is 1. The second-order valence-corrected chi connectivity index (χ2v) is 5.13. The average molecular weight is 283 g/mol. The lowest BCUT2D eigenvalue weighted by Gasteiger charge is -2.16. The molecular formula is C15H19F2NO2. The molecule has 1 fully saturated rings. The Balaban J connectivity index is 1.83. The molecule has 1 aromatic rings. The van der Waals surface area contributed by atoms with Crippen LogP contribution in [0.4, 0.5) is 8.78 Å². The fraction of sp³-hybridized carbons (Fsp3) is 0.533. The monoisotopic (exact) mass is 283 g/mol. The zero-order valence-electron chi connectivity index (χ0n) is 11.5. The maximum absolute atomic E-state index is 13.6. The van der Waals surface area contributed by atoms with Gasteiger partial charge in [-0.1, -0.05) is 6.07 Å². The molecule has 1 amide bonds. The van der Waals surface area contributed by atoms with Crippen LogP contribution >= 0.6 is 0 Å². The molecule has 1 aliphatic rings. The van der Waals surface area contributed by atoms with Crippen LogP contribution in [0.3, 0.4) is 0 Å². The summed E-state index contributed by atoms with van der Waals surface area (Å²) >= 11 is 0. The molecule has 0 saturated carbocycles. The molecule has 0 aromatic heterocycles. The average Bonchev–Trinajstić information content (AvgIpc) is 2.89. The van der Waals surface area contributed by atoms with Crippen LogP contribution < -0.4 is 5.32 Å². The van der Waals surface area contributed by atoms with Crippen molar-refractivity contribution in [2.45, 2.75) is 44.8 Å². The van der Waals surface area contributed by atoms with Crippen LogP contribution in [0.25, 0.3) is 0 Å². The van der Waals surface area contributed by atoms with E-state index in [1.165, 1.54) is 12.1 Å². The predicted octanol–water partition coefficient (Wildman–Crippen LogP) is 3.10. The van der Waals surface area contributed by atoms with Gasteiger partial charge in [0, 0.05) is 24.7 Å². The molecule has 0 bridgehead atoms. The largest absolute Gasteiger partial charge is 0.378 e. The summed E-state index contributed by atoms with van der Waals surface area (Å²) in [6.45, 7) is 2.45. The van der Waals surface area contributed by atoms with Gasteiger partial charge in [-0.3, -0.25) is 4.79 Å². The summed E-state index contributed by atoms with van der Waals surface area (Å²) in [6.07, 6.45) is 3.25. The zero-order chi connectivity index (χ0) is 14.5. The molecule has 2 atom stereocenters. The Morgan fingerprint density at radius 3 is 2.95 bits per heavy atom. The van der Waals surface area contributed by atoms with Crippen molar-refractivity contribution >= 4 is 5.91 Å². The second kappa shape index (κ2) is 6.79. The fourth-order valence-corrected chi connectivity index (χ4v) is 2.41. The van der Waals surface area contributed by atoms with E-state index in [0.29, 0.717) is 12.8 Å². The Kier molecular flexibility index (Phi) is 5.06. The summed E-state index contributed by atoms with van der Waals surface area (Å²) in [4.78, 5) is 11.8. The molecule has 0 radical (unpaired) electrons. The first kappa shape index (κ1) is 14.9. The van der Waals surface area contributed by atoms with Gasteiger partial charge in [-0.2, -0.15) is 0 Å². The molecule has 1 N–H and O–H groups in total. The molecule has 0 spiro atoms. The van der Waals surface area contributed by atoms with E-state index in [4.69, 9.17) is 4.74 Å². The van der Waals surface area contributed by atoms with Crippen LogP contribution in [0.1, 0.15) is 44.2 Å². The highest BCUT2D eigenvalue weighted by Crippen LogP contribution is 2.19. The Hall–Kier alpha value is -1.49. The van der Waals surface area contributed by atoms with Gasteiger partial charge < -0.3 is 10.1 Å². The third kappa shape index (κ3) is 4.00. The van der Waals surface area contributed by atoms with Crippen molar-refractivity contribution in [3.63, 3.8) is 0 Å². The number of carbonyl (C=O) groups excluding carboxylic acids is 1. The van der Waals surface area contributed by atoms with Crippen LogP contribution in [-0.2, 0) is 9.53 Å². The number of halogens is 2. The molecule has 0 aliphatic carbocycles. The van der Waals surface area contributed by atoms with E-state index in [1.54, 1.807) is 6.92 Å². The molecular weight excluding hydrogens is 264 g/mol. The molecule has 2 rings (SSSR count). The number of ether oxygens (including phenoxy) is 1. The van der Waals surface area contributed by atoms with E-state index in [-0.39, 0.29) is 17.6 Å². The van der Waals surface area contributed by atoms with E-state index in [2.05, 4.69) is 5.32 Å². The van der Waals surface area contributed by atoms with Gasteiger partial charge >= 0.3 is 0 Å². The number of nitrogens with one attached hydrogen (secondary N) is 1. The van der Waals surface area contributed by atoms with Gasteiger partial charge in [0.2, 0.25) is 5.91 Å². The topological polar surface area (TPSA) is 38.3 Å². The molecule has 1 aliphatic heterocycles. The van der Waals surface area contributed by atoms with Crippen molar-refractivity contribution in [3.8, 4) is 0 Å². The quantitative estimate of drug-likeness (QED) is 0.901. The molecule has 3 nitrogen and oxygen atoms in total. The van der Waals surface area contributed by atoms with Gasteiger partial charge in [0.1, 0.15) is 11.6 Å². The van der Waals surface area contributed by atoms with Crippen LogP contribution in [0, 0.1) is 11.6 Å². The van der Waals surface area contributed by atoms with Crippen LogP contribution in [0.15, 0.2) is 18.2 Å². The molecule has 2 unspecified atom stereocenters. The number of amides is 1. The minimum atomic E-state index is -0.642. The highest BCUT2D eigenvalue weighted by Gasteiger charge is 2.18. The van der Waals surface area contributed by atoms with Crippen molar-refractivity contribution in [1.82, 2.24) is 5.32 Å². The third-order valence-corrected chi connectivity index (χ3v) is 3.52. The van der Waals surface area contributed by atoms with Crippen LogP contribution in [0.5, 0.6) is 0 Å². The molecule has 5 heteroatoms. The predicted molar refractivity (Wildman–Crippen MR) is 71.1 cm³/mol. The lowest BCUT2D eigenvalue weighted by atomic mass is 10.1. The maximum atomic E-state index is 13.6. The van der Waals surface area contributed by atoms with Gasteiger partial charge in [-0.25, -0.2) is 8.78 Å². The first-order valence-corrected chi connectivity index (χ1v) is 6.92. The SMILES string of the molecule is CC(NC(=O)CCC1CCCO1)c1ccc(F)cc1F. The van der Waals surface area contributed by atoms with Crippen molar-refractivity contribution in [2.24, 2.45) is 0 Å². The third-order valence-electron chi connectivity index (χ3n) is 3.52. The maximum Gasteiger partial charge on any atom is 0.220 e. The Morgan fingerprint density at radius 1 is 1.50 bits per heavy atom. The summed E-state index contributed by atoms with van der Waals surface area (Å²) in [5, 5.41) is 2.72. The number of hydrogen-bond acceptors (Lipinski definition) is 2. The standard InChI is InChI=1S/C15H19F2NO2/c1-10(13-6-4-11(16)9-14(13)17)18-15(19)7-5-12-3-2-8-20-12/h4,6,9-10,12H,2-3,5,7-8H2,1H3,(H,18,19). The number of rotatable bonds is 5. The Morgan fingerprint density at radius 2 is 2.30 bits per heavy atom. The van der Waals surface area contributed by atoms with Crippen molar-refractivity contribution in [1.29, 1.82) is 0 Å². The Bertz CT molecular complexity index is 473. The number of carbonyl (C=O) groups is 1. The van der Waals surface area contributed by atoms with E-state index >= 15 is 0 Å². The van der Waals surface area contributed by atoms with Crippen molar-refractivity contribution in [2.75, 3.05) is 6.61 Å². The molecule has 110 valence electrons. The normalized spacial score (nSPS) is 19.9. The molecule has 1 saturated heterocycles. The molecule has 1 heterocycles. The van der Waals surface area contributed by atoms with Crippen LogP contribution in [-0.4, -0.2) is 18.6 Å². The number of hydrogen-bond donors (Lipinski definition) is 1. The van der Waals surface area contributed by atoms with Gasteiger partial charge in [-0.15, -0.1) is 0 Å². The summed E-state index contributed by atoms with van der Waals surface area (Å²) in [5.41, 5.74) is 0.289. The smallest absolute Gasteiger partial charge is 0.220 e. The fourth-order valence-electron chi connectivity index (χ4n) is 2.41. The van der Waals surface area contributed by atoms with Gasteiger partial charge in [0.05, 0.1) is 12.1 Å². The second-order valence-electron chi connectivity index (χ2n) is 5.13. The van der Waals surface area contributed by atoms with E-state index < -0.39 is 17.7 Å². The summed E-state index contributed by atoms with van der Waals surface area (Å²) in [5.74, 6) is -1.41. The van der Waals surface area contributed by atoms with Crippen molar-refractivity contribution in [3.05, 3.63) is 35.4 Å². The summed E-state index contributed by atoms with van der Waals surface area (Å²) in [7, 11) is 0. The summed E-state index contributed by atoms with van der Waals surface area (Å²) in [6, 6.07) is 2.89. The first-order chi connectivity index (χ1) is 9.56. The molecule has 1 aromatic carbocycles. The highest BCUT2D eigenvalue weighted by atomic mass is 19.1. The van der Waals surface area contributed by atoms with Crippen molar-refractivity contribution < 1.29 is 18.3 Å². The Labute approximate surface area is 117 Å². The van der Waals surface area contributed by atoms with Gasteiger partial charge in [0.15, 0.2) is 0 Å². The minimum Gasteiger partial charge on any atom is -0.378 e. The summed E-state index contributed by atoms with van der Waals surface area (Å²) < 4.78 is 31.8. The first-order valence-electron chi connectivity index (χ1n) is 6.92. The van der Waals surface area contributed by atoms with Crippen LogP contribution in [0.2, 0.25) is 0 Å². The zero-order valence-corrected chi connectivity index (χ0v) is 11.5. The lowest BCUT2D eigenvalue weighted by molar-refractivity contribution is -0.122. The van der Waals surface area contributed by atoms with Gasteiger partial charge in [-0.05, 0) is 32.3 Å².